The van der Waals surface area contributed by atoms with E-state index in [0.717, 1.165) is 27.8 Å². The number of nitrogens with zero attached hydrogens (tertiary/aromatic N) is 3. The normalized spacial score (nSPS) is 11.9. The number of hydrogen-bond donors (Lipinski definition) is 1. The molecule has 6 nitrogen and oxygen atoms in total. The number of carbonyl (C=O) groups is 1. The molecule has 164 valence electrons. The van der Waals surface area contributed by atoms with Gasteiger partial charge in [-0.05, 0) is 36.1 Å². The number of methoxy groups -OCH3 is 1. The zero-order chi connectivity index (χ0) is 22.2. The molecular formula is C24H30N4O2S. The highest BCUT2D eigenvalue weighted by Crippen LogP contribution is 2.22. The summed E-state index contributed by atoms with van der Waals surface area (Å²) >= 11 is 1.33. The number of ether oxygens (including phenoxy) is 1. The summed E-state index contributed by atoms with van der Waals surface area (Å²) in [5, 5.41) is 3.83. The van der Waals surface area contributed by atoms with Crippen molar-refractivity contribution in [1.82, 2.24) is 14.7 Å². The Hall–Kier alpha value is -2.93. The first-order valence-electron chi connectivity index (χ1n) is 10.5. The van der Waals surface area contributed by atoms with Gasteiger partial charge in [-0.1, -0.05) is 56.3 Å². The number of hydrogen-bond acceptors (Lipinski definition) is 6. The summed E-state index contributed by atoms with van der Waals surface area (Å²) in [6, 6.07) is 18.1. The Morgan fingerprint density at radius 3 is 2.55 bits per heavy atom. The van der Waals surface area contributed by atoms with Gasteiger partial charge in [0.15, 0.2) is 0 Å². The van der Waals surface area contributed by atoms with Crippen LogP contribution in [0.1, 0.15) is 37.7 Å². The van der Waals surface area contributed by atoms with Crippen LogP contribution in [-0.2, 0) is 17.8 Å². The molecule has 0 aliphatic heterocycles. The zero-order valence-corrected chi connectivity index (χ0v) is 19.4. The maximum Gasteiger partial charge on any atom is 0.239 e. The van der Waals surface area contributed by atoms with Gasteiger partial charge in [0.2, 0.25) is 11.0 Å². The SMILES string of the molecule is COc1cccc(Cc2nsc(N(CC(=O)NC(C)C(C)C)Cc3ccccc3)n2)c1. The molecule has 0 saturated heterocycles. The van der Waals surface area contributed by atoms with Gasteiger partial charge in [0, 0.05) is 30.5 Å². The number of aromatic nitrogens is 2. The number of nitrogens with one attached hydrogen (secondary N) is 1. The Bertz CT molecular complexity index is 974. The van der Waals surface area contributed by atoms with E-state index in [-0.39, 0.29) is 18.5 Å². The van der Waals surface area contributed by atoms with Crippen molar-refractivity contribution in [3.63, 3.8) is 0 Å². The molecule has 0 fully saturated rings. The molecule has 1 N–H and O–H groups in total. The Kier molecular flexibility index (Phi) is 8.00. The van der Waals surface area contributed by atoms with Crippen LogP contribution >= 0.6 is 11.5 Å². The largest absolute Gasteiger partial charge is 0.497 e. The molecule has 3 aromatic rings. The fourth-order valence-electron chi connectivity index (χ4n) is 3.04. The Labute approximate surface area is 188 Å². The highest BCUT2D eigenvalue weighted by molar-refractivity contribution is 7.09. The van der Waals surface area contributed by atoms with E-state index in [4.69, 9.17) is 9.72 Å². The number of benzene rings is 2. The summed E-state index contributed by atoms with van der Waals surface area (Å²) < 4.78 is 9.85. The first-order chi connectivity index (χ1) is 14.9. The van der Waals surface area contributed by atoms with Gasteiger partial charge in [-0.15, -0.1) is 0 Å². The van der Waals surface area contributed by atoms with Crippen LogP contribution in [0, 0.1) is 5.92 Å². The van der Waals surface area contributed by atoms with E-state index >= 15 is 0 Å². The van der Waals surface area contributed by atoms with Gasteiger partial charge in [0.1, 0.15) is 11.6 Å². The minimum absolute atomic E-state index is 0.0123. The predicted octanol–water partition coefficient (Wildman–Crippen LogP) is 4.30. The van der Waals surface area contributed by atoms with Crippen molar-refractivity contribution in [2.45, 2.75) is 39.8 Å². The number of rotatable bonds is 10. The molecule has 1 atom stereocenters. The molecule has 31 heavy (non-hydrogen) atoms. The molecule has 1 amide bonds. The quantitative estimate of drug-likeness (QED) is 0.511. The van der Waals surface area contributed by atoms with E-state index in [1.807, 2.05) is 54.3 Å². The molecule has 0 radical (unpaired) electrons. The van der Waals surface area contributed by atoms with Crippen molar-refractivity contribution >= 4 is 22.6 Å². The van der Waals surface area contributed by atoms with Crippen LogP contribution in [0.3, 0.4) is 0 Å². The average Bonchev–Trinajstić information content (AvgIpc) is 3.22. The second-order valence-electron chi connectivity index (χ2n) is 7.96. The van der Waals surface area contributed by atoms with Crippen LogP contribution in [0.4, 0.5) is 5.13 Å². The predicted molar refractivity (Wildman–Crippen MR) is 126 cm³/mol. The number of anilines is 1. The van der Waals surface area contributed by atoms with E-state index in [1.54, 1.807) is 7.11 Å². The van der Waals surface area contributed by atoms with Crippen molar-refractivity contribution in [2.75, 3.05) is 18.6 Å². The summed E-state index contributed by atoms with van der Waals surface area (Å²) in [5.41, 5.74) is 2.21. The third-order valence-electron chi connectivity index (χ3n) is 5.16. The van der Waals surface area contributed by atoms with Crippen LogP contribution in [0.5, 0.6) is 5.75 Å². The van der Waals surface area contributed by atoms with E-state index in [9.17, 15) is 4.79 Å². The molecule has 2 aromatic carbocycles. The van der Waals surface area contributed by atoms with Crippen molar-refractivity contribution in [3.05, 3.63) is 71.5 Å². The fourth-order valence-corrected chi connectivity index (χ4v) is 3.73. The van der Waals surface area contributed by atoms with Crippen LogP contribution in [0.2, 0.25) is 0 Å². The maximum absolute atomic E-state index is 12.7. The van der Waals surface area contributed by atoms with E-state index in [2.05, 4.69) is 35.7 Å². The number of carbonyl (C=O) groups excluding carboxylic acids is 1. The first kappa shape index (κ1) is 22.7. The summed E-state index contributed by atoms with van der Waals surface area (Å²) in [7, 11) is 1.66. The zero-order valence-electron chi connectivity index (χ0n) is 18.5. The summed E-state index contributed by atoms with van der Waals surface area (Å²) in [5.74, 6) is 1.92. The second-order valence-corrected chi connectivity index (χ2v) is 8.69. The highest BCUT2D eigenvalue weighted by atomic mass is 32.1. The standard InChI is InChI=1S/C24H30N4O2S/c1-17(2)18(3)25-23(29)16-28(15-19-9-6-5-7-10-19)24-26-22(27-31-24)14-20-11-8-12-21(13-20)30-4/h5-13,17-18H,14-16H2,1-4H3,(H,25,29). The van der Waals surface area contributed by atoms with Crippen molar-refractivity contribution in [1.29, 1.82) is 0 Å². The molecule has 0 aliphatic carbocycles. The fraction of sp³-hybridized carbons (Fsp3) is 0.375. The van der Waals surface area contributed by atoms with E-state index in [0.29, 0.717) is 18.9 Å². The Balaban J connectivity index is 1.76. The van der Waals surface area contributed by atoms with Crippen LogP contribution in [0.15, 0.2) is 54.6 Å². The van der Waals surface area contributed by atoms with Gasteiger partial charge in [-0.25, -0.2) is 4.98 Å². The smallest absolute Gasteiger partial charge is 0.239 e. The summed E-state index contributed by atoms with van der Waals surface area (Å²) in [6.07, 6.45) is 0.615. The molecule has 1 aromatic heterocycles. The van der Waals surface area contributed by atoms with Gasteiger partial charge >= 0.3 is 0 Å². The third kappa shape index (κ3) is 6.79. The lowest BCUT2D eigenvalue weighted by Crippen LogP contribution is -2.42. The van der Waals surface area contributed by atoms with Gasteiger partial charge in [0.05, 0.1) is 13.7 Å². The average molecular weight is 439 g/mol. The molecule has 1 heterocycles. The molecule has 0 saturated carbocycles. The maximum atomic E-state index is 12.7. The van der Waals surface area contributed by atoms with Crippen LogP contribution in [-0.4, -0.2) is 35.0 Å². The molecule has 1 unspecified atom stereocenters. The van der Waals surface area contributed by atoms with E-state index in [1.165, 1.54) is 11.5 Å². The molecule has 0 spiro atoms. The van der Waals surface area contributed by atoms with Gasteiger partial charge in [0.25, 0.3) is 0 Å². The molecule has 0 aliphatic rings. The Morgan fingerprint density at radius 1 is 1.10 bits per heavy atom. The lowest BCUT2D eigenvalue weighted by molar-refractivity contribution is -0.120. The lowest BCUT2D eigenvalue weighted by atomic mass is 10.1. The van der Waals surface area contributed by atoms with Crippen molar-refractivity contribution < 1.29 is 9.53 Å². The molecule has 0 bridgehead atoms. The summed E-state index contributed by atoms with van der Waals surface area (Å²) in [4.78, 5) is 19.4. The van der Waals surface area contributed by atoms with Crippen LogP contribution in [0.25, 0.3) is 0 Å². The number of amides is 1. The third-order valence-corrected chi connectivity index (χ3v) is 5.98. The monoisotopic (exact) mass is 438 g/mol. The van der Waals surface area contributed by atoms with Gasteiger partial charge in [-0.3, -0.25) is 4.79 Å². The van der Waals surface area contributed by atoms with Crippen LogP contribution < -0.4 is 15.0 Å². The Morgan fingerprint density at radius 2 is 1.84 bits per heavy atom. The molecule has 3 rings (SSSR count). The highest BCUT2D eigenvalue weighted by Gasteiger charge is 2.19. The van der Waals surface area contributed by atoms with E-state index < -0.39 is 0 Å². The minimum atomic E-state index is -0.0123. The van der Waals surface area contributed by atoms with Gasteiger partial charge in [-0.2, -0.15) is 4.37 Å². The first-order valence-corrected chi connectivity index (χ1v) is 11.3. The lowest BCUT2D eigenvalue weighted by Gasteiger charge is -2.23. The minimum Gasteiger partial charge on any atom is -0.497 e. The van der Waals surface area contributed by atoms with Crippen molar-refractivity contribution in [2.24, 2.45) is 5.92 Å². The topological polar surface area (TPSA) is 67.3 Å². The second kappa shape index (κ2) is 10.9. The van der Waals surface area contributed by atoms with Gasteiger partial charge < -0.3 is 15.0 Å². The molecular weight excluding hydrogens is 408 g/mol. The van der Waals surface area contributed by atoms with Crippen molar-refractivity contribution in [3.8, 4) is 5.75 Å². The summed E-state index contributed by atoms with van der Waals surface area (Å²) in [6.45, 7) is 7.06. The molecule has 7 heteroatoms.